The van der Waals surface area contributed by atoms with Gasteiger partial charge in [-0.3, -0.25) is 0 Å². The molecule has 0 aromatic rings. The number of esters is 2. The number of nitriles is 1. The van der Waals surface area contributed by atoms with Gasteiger partial charge in [0.2, 0.25) is 0 Å². The first-order valence-corrected chi connectivity index (χ1v) is 7.71. The zero-order valence-corrected chi connectivity index (χ0v) is 13.5. The van der Waals surface area contributed by atoms with Crippen LogP contribution in [0.1, 0.15) is 39.5 Å². The predicted molar refractivity (Wildman–Crippen MR) is 76.3 cm³/mol. The SMILES string of the molecule is CCC(CC)(CO)CC1NC(C(=O)OC(=O)C(F)(F)F)CC1C#N. The van der Waals surface area contributed by atoms with Crippen molar-refractivity contribution in [1.29, 1.82) is 5.26 Å². The van der Waals surface area contributed by atoms with E-state index >= 15 is 0 Å². The second kappa shape index (κ2) is 7.94. The number of rotatable bonds is 6. The Labute approximate surface area is 138 Å². The summed E-state index contributed by atoms with van der Waals surface area (Å²) in [5, 5.41) is 21.6. The third-order valence-corrected chi connectivity index (χ3v) is 4.75. The molecule has 1 fully saturated rings. The molecule has 1 aliphatic heterocycles. The fourth-order valence-corrected chi connectivity index (χ4v) is 2.88. The van der Waals surface area contributed by atoms with Crippen LogP contribution in [-0.4, -0.2) is 41.9 Å². The van der Waals surface area contributed by atoms with Crippen LogP contribution >= 0.6 is 0 Å². The predicted octanol–water partition coefficient (Wildman–Crippen LogP) is 1.68. The minimum Gasteiger partial charge on any atom is -0.396 e. The van der Waals surface area contributed by atoms with E-state index in [2.05, 4.69) is 10.1 Å². The molecule has 1 heterocycles. The monoisotopic (exact) mass is 350 g/mol. The molecule has 136 valence electrons. The van der Waals surface area contributed by atoms with E-state index < -0.39 is 41.5 Å². The quantitative estimate of drug-likeness (QED) is 0.558. The summed E-state index contributed by atoms with van der Waals surface area (Å²) in [5.74, 6) is -4.53. The molecule has 0 bridgehead atoms. The molecule has 6 nitrogen and oxygen atoms in total. The van der Waals surface area contributed by atoms with E-state index in [9.17, 15) is 33.1 Å². The maximum atomic E-state index is 12.1. The third-order valence-electron chi connectivity index (χ3n) is 4.75. The molecule has 0 aromatic heterocycles. The van der Waals surface area contributed by atoms with Crippen molar-refractivity contribution in [1.82, 2.24) is 5.32 Å². The lowest BCUT2D eigenvalue weighted by molar-refractivity contribution is -0.202. The summed E-state index contributed by atoms with van der Waals surface area (Å²) in [7, 11) is 0. The van der Waals surface area contributed by atoms with Gasteiger partial charge in [-0.05, 0) is 31.1 Å². The van der Waals surface area contributed by atoms with Gasteiger partial charge < -0.3 is 15.2 Å². The summed E-state index contributed by atoms with van der Waals surface area (Å²) in [6.07, 6.45) is -3.60. The molecular weight excluding hydrogens is 329 g/mol. The number of halogens is 3. The number of nitrogens with zero attached hydrogens (tertiary/aromatic N) is 1. The third kappa shape index (κ3) is 4.68. The van der Waals surface area contributed by atoms with Crippen LogP contribution in [0.2, 0.25) is 0 Å². The topological polar surface area (TPSA) is 99.4 Å². The minimum atomic E-state index is -5.25. The van der Waals surface area contributed by atoms with Gasteiger partial charge in [0.25, 0.3) is 0 Å². The highest BCUT2D eigenvalue weighted by atomic mass is 19.4. The molecule has 3 atom stereocenters. The van der Waals surface area contributed by atoms with Crippen molar-refractivity contribution in [2.45, 2.75) is 57.8 Å². The summed E-state index contributed by atoms with van der Waals surface area (Å²) in [4.78, 5) is 22.5. The molecule has 1 aliphatic rings. The normalized spacial score (nSPS) is 24.5. The molecule has 2 N–H and O–H groups in total. The first-order valence-electron chi connectivity index (χ1n) is 7.71. The van der Waals surface area contributed by atoms with Crippen LogP contribution in [0.3, 0.4) is 0 Å². The minimum absolute atomic E-state index is 0.0416. The van der Waals surface area contributed by atoms with E-state index in [1.165, 1.54) is 0 Å². The lowest BCUT2D eigenvalue weighted by atomic mass is 9.75. The number of ether oxygens (including phenoxy) is 1. The van der Waals surface area contributed by atoms with Gasteiger partial charge in [-0.1, -0.05) is 13.8 Å². The maximum Gasteiger partial charge on any atom is 0.491 e. The van der Waals surface area contributed by atoms with Gasteiger partial charge in [0.15, 0.2) is 0 Å². The second-order valence-corrected chi connectivity index (χ2v) is 6.07. The van der Waals surface area contributed by atoms with Gasteiger partial charge in [-0.15, -0.1) is 0 Å². The Morgan fingerprint density at radius 2 is 1.92 bits per heavy atom. The largest absolute Gasteiger partial charge is 0.491 e. The average molecular weight is 350 g/mol. The number of alkyl halides is 3. The highest BCUT2D eigenvalue weighted by Gasteiger charge is 2.46. The van der Waals surface area contributed by atoms with E-state index in [4.69, 9.17) is 0 Å². The van der Waals surface area contributed by atoms with Crippen molar-refractivity contribution >= 4 is 11.9 Å². The molecule has 0 amide bonds. The smallest absolute Gasteiger partial charge is 0.396 e. The molecule has 24 heavy (non-hydrogen) atoms. The lowest BCUT2D eigenvalue weighted by Crippen LogP contribution is -2.42. The van der Waals surface area contributed by atoms with E-state index in [1.54, 1.807) is 0 Å². The van der Waals surface area contributed by atoms with E-state index in [0.29, 0.717) is 19.3 Å². The number of carbonyl (C=O) groups is 2. The molecule has 9 heteroatoms. The summed E-state index contributed by atoms with van der Waals surface area (Å²) in [5.41, 5.74) is -0.437. The molecule has 0 aromatic carbocycles. The Kier molecular flexibility index (Phi) is 6.75. The number of hydrogen-bond donors (Lipinski definition) is 2. The number of aliphatic hydroxyl groups is 1. The molecule has 0 saturated carbocycles. The van der Waals surface area contributed by atoms with Crippen molar-refractivity contribution in [3.8, 4) is 6.07 Å². The molecule has 1 saturated heterocycles. The molecule has 0 radical (unpaired) electrons. The van der Waals surface area contributed by atoms with Crippen molar-refractivity contribution in [2.24, 2.45) is 11.3 Å². The zero-order valence-electron chi connectivity index (χ0n) is 13.5. The number of nitrogens with one attached hydrogen (secondary N) is 1. The maximum absolute atomic E-state index is 12.1. The summed E-state index contributed by atoms with van der Waals surface area (Å²) in [6.45, 7) is 3.69. The first kappa shape index (κ1) is 20.4. The standard InChI is InChI=1S/C15H21F3N2O4/c1-3-14(4-2,8-21)6-11-9(7-19)5-10(20-11)12(22)24-13(23)15(16,17)18/h9-11,20-21H,3-6,8H2,1-2H3. The molecule has 0 spiro atoms. The number of hydrogen-bond acceptors (Lipinski definition) is 6. The van der Waals surface area contributed by atoms with Crippen molar-refractivity contribution < 1.29 is 32.6 Å². The number of aliphatic hydroxyl groups excluding tert-OH is 1. The average Bonchev–Trinajstić information content (AvgIpc) is 2.94. The van der Waals surface area contributed by atoms with Gasteiger partial charge in [-0.25, -0.2) is 9.59 Å². The van der Waals surface area contributed by atoms with Gasteiger partial charge in [0.1, 0.15) is 6.04 Å². The van der Waals surface area contributed by atoms with Crippen LogP contribution in [0.25, 0.3) is 0 Å². The summed E-state index contributed by atoms with van der Waals surface area (Å²) >= 11 is 0. The van der Waals surface area contributed by atoms with Gasteiger partial charge in [0, 0.05) is 12.6 Å². The van der Waals surface area contributed by atoms with E-state index in [-0.39, 0.29) is 13.0 Å². The Balaban J connectivity index is 2.78. The van der Waals surface area contributed by atoms with Crippen molar-refractivity contribution in [2.75, 3.05) is 6.61 Å². The van der Waals surface area contributed by atoms with Crippen molar-refractivity contribution in [3.05, 3.63) is 0 Å². The highest BCUT2D eigenvalue weighted by molar-refractivity contribution is 5.91. The fourth-order valence-electron chi connectivity index (χ4n) is 2.88. The van der Waals surface area contributed by atoms with Crippen molar-refractivity contribution in [3.63, 3.8) is 0 Å². The van der Waals surface area contributed by atoms with E-state index in [0.717, 1.165) is 0 Å². The molecular formula is C15H21F3N2O4. The summed E-state index contributed by atoms with van der Waals surface area (Å²) in [6, 6.07) is 0.390. The van der Waals surface area contributed by atoms with E-state index in [1.807, 2.05) is 19.9 Å². The van der Waals surface area contributed by atoms with Gasteiger partial charge in [-0.2, -0.15) is 18.4 Å². The van der Waals surface area contributed by atoms with Crippen LogP contribution in [0.5, 0.6) is 0 Å². The first-order chi connectivity index (χ1) is 11.1. The van der Waals surface area contributed by atoms with Crippen LogP contribution in [0.15, 0.2) is 0 Å². The molecule has 0 aliphatic carbocycles. The Bertz CT molecular complexity index is 504. The Hall–Kier alpha value is -1.66. The molecule has 3 unspecified atom stereocenters. The summed E-state index contributed by atoms with van der Waals surface area (Å²) < 4.78 is 40.3. The van der Waals surface area contributed by atoms with Gasteiger partial charge >= 0.3 is 18.1 Å². The molecule has 1 rings (SSSR count). The Morgan fingerprint density at radius 1 is 1.33 bits per heavy atom. The van der Waals surface area contributed by atoms with Crippen LogP contribution in [-0.2, 0) is 14.3 Å². The van der Waals surface area contributed by atoms with Crippen LogP contribution < -0.4 is 5.32 Å². The zero-order chi connectivity index (χ0) is 18.5. The highest BCUT2D eigenvalue weighted by Crippen LogP contribution is 2.36. The Morgan fingerprint density at radius 3 is 2.33 bits per heavy atom. The second-order valence-electron chi connectivity index (χ2n) is 6.07. The van der Waals surface area contributed by atoms with Gasteiger partial charge in [0.05, 0.1) is 12.0 Å². The van der Waals surface area contributed by atoms with Crippen LogP contribution in [0, 0.1) is 22.7 Å². The number of carbonyl (C=O) groups excluding carboxylic acids is 2. The fraction of sp³-hybridized carbons (Fsp3) is 0.800. The van der Waals surface area contributed by atoms with Crippen LogP contribution in [0.4, 0.5) is 13.2 Å². The lowest BCUT2D eigenvalue weighted by Gasteiger charge is -2.33.